The molecule has 4 nitrogen and oxygen atoms in total. The summed E-state index contributed by atoms with van der Waals surface area (Å²) in [7, 11) is 0. The van der Waals surface area contributed by atoms with Crippen LogP contribution in [0.2, 0.25) is 0 Å². The Hall–Kier alpha value is -1.66. The first-order chi connectivity index (χ1) is 13.9. The normalized spacial score (nSPS) is 12.6. The number of hydrogen-bond acceptors (Lipinski definition) is 3. The van der Waals surface area contributed by atoms with Gasteiger partial charge in [-0.1, -0.05) is 65.0 Å². The molecule has 2 aromatic rings. The highest BCUT2D eigenvalue weighted by Gasteiger charge is 2.28. The summed E-state index contributed by atoms with van der Waals surface area (Å²) in [6.45, 7) is 12.9. The van der Waals surface area contributed by atoms with Crippen molar-refractivity contribution in [3.8, 4) is 5.75 Å². The fourth-order valence-corrected chi connectivity index (χ4v) is 4.99. The molecule has 0 radical (unpaired) electrons. The number of ether oxygens (including phenoxy) is 1. The fraction of sp³-hybridized carbons (Fsp3) is 0.417. The van der Waals surface area contributed by atoms with Crippen LogP contribution in [0.4, 0.5) is 0 Å². The van der Waals surface area contributed by atoms with Gasteiger partial charge in [0.1, 0.15) is 5.75 Å². The van der Waals surface area contributed by atoms with E-state index in [1.54, 1.807) is 0 Å². The summed E-state index contributed by atoms with van der Waals surface area (Å²) < 4.78 is 7.38. The van der Waals surface area contributed by atoms with Crippen LogP contribution < -0.4 is 10.2 Å². The highest BCUT2D eigenvalue weighted by molar-refractivity contribution is 9.11. The second kappa shape index (κ2) is 10.1. The molecule has 0 aromatic heterocycles. The maximum atomic E-state index is 12.2. The summed E-state index contributed by atoms with van der Waals surface area (Å²) in [5, 5.41) is 4.15. The summed E-state index contributed by atoms with van der Waals surface area (Å²) in [5.41, 5.74) is 5.66. The summed E-state index contributed by atoms with van der Waals surface area (Å²) in [5.74, 6) is 0.283. The van der Waals surface area contributed by atoms with Crippen molar-refractivity contribution in [2.24, 2.45) is 10.5 Å². The van der Waals surface area contributed by atoms with Gasteiger partial charge in [-0.15, -0.1) is 0 Å². The van der Waals surface area contributed by atoms with Crippen molar-refractivity contribution < 1.29 is 9.53 Å². The number of amides is 1. The van der Waals surface area contributed by atoms with Crippen LogP contribution in [0, 0.1) is 5.41 Å². The lowest BCUT2D eigenvalue weighted by Gasteiger charge is -2.33. The highest BCUT2D eigenvalue weighted by Crippen LogP contribution is 2.42. The van der Waals surface area contributed by atoms with E-state index in [-0.39, 0.29) is 23.3 Å². The molecular weight excluding hydrogens is 508 g/mol. The second-order valence-corrected chi connectivity index (χ2v) is 11.0. The number of halogens is 2. The average Bonchev–Trinajstić information content (AvgIpc) is 2.64. The van der Waals surface area contributed by atoms with E-state index in [0.717, 1.165) is 26.6 Å². The van der Waals surface area contributed by atoms with Crippen molar-refractivity contribution in [3.05, 3.63) is 62.5 Å². The van der Waals surface area contributed by atoms with Crippen LogP contribution in [-0.2, 0) is 10.2 Å². The van der Waals surface area contributed by atoms with Gasteiger partial charge < -0.3 is 4.74 Å². The molecule has 1 N–H and O–H groups in total. The number of carbonyl (C=O) groups is 1. The topological polar surface area (TPSA) is 50.7 Å². The van der Waals surface area contributed by atoms with Gasteiger partial charge in [-0.05, 0) is 79.3 Å². The van der Waals surface area contributed by atoms with E-state index in [2.05, 4.69) is 89.1 Å². The van der Waals surface area contributed by atoms with Crippen LogP contribution >= 0.6 is 31.9 Å². The Morgan fingerprint density at radius 2 is 1.60 bits per heavy atom. The van der Waals surface area contributed by atoms with E-state index in [1.165, 1.54) is 5.56 Å². The monoisotopic (exact) mass is 536 g/mol. The van der Waals surface area contributed by atoms with Crippen LogP contribution in [-0.4, -0.2) is 18.2 Å². The predicted octanol–water partition coefficient (Wildman–Crippen LogP) is 6.84. The van der Waals surface area contributed by atoms with Crippen molar-refractivity contribution >= 4 is 43.5 Å². The third kappa shape index (κ3) is 7.24. The molecule has 0 saturated heterocycles. The van der Waals surface area contributed by atoms with Crippen molar-refractivity contribution in [1.29, 1.82) is 0 Å². The lowest BCUT2D eigenvalue weighted by Crippen LogP contribution is -2.26. The molecule has 0 unspecified atom stereocenters. The second-order valence-electron chi connectivity index (χ2n) is 9.28. The number of hydrazone groups is 1. The Kier molecular flexibility index (Phi) is 8.28. The first kappa shape index (κ1) is 24.6. The van der Waals surface area contributed by atoms with Gasteiger partial charge in [0, 0.05) is 0 Å². The number of nitrogens with one attached hydrogen (secondary N) is 1. The summed E-state index contributed by atoms with van der Waals surface area (Å²) >= 11 is 7.20. The standard InChI is InChI=1S/C24H30Br2N2O2/c1-16(17-10-8-7-9-11-17)27-28-21(29)14-30-22-19(25)12-18(13-20(22)26)24(5,6)15-23(2,3)4/h7-13H,14-15H2,1-6H3,(H,28,29)/b27-16+. The maximum absolute atomic E-state index is 12.2. The molecule has 30 heavy (non-hydrogen) atoms. The van der Waals surface area contributed by atoms with E-state index in [1.807, 2.05) is 37.3 Å². The average molecular weight is 538 g/mol. The molecule has 0 saturated carbocycles. The zero-order valence-electron chi connectivity index (χ0n) is 18.5. The Balaban J connectivity index is 2.04. The van der Waals surface area contributed by atoms with Crippen LogP contribution in [0.3, 0.4) is 0 Å². The van der Waals surface area contributed by atoms with Crippen LogP contribution in [0.25, 0.3) is 0 Å². The van der Waals surface area contributed by atoms with Crippen molar-refractivity contribution in [2.45, 2.75) is 53.4 Å². The lowest BCUT2D eigenvalue weighted by atomic mass is 9.72. The van der Waals surface area contributed by atoms with Crippen LogP contribution in [0.15, 0.2) is 56.5 Å². The van der Waals surface area contributed by atoms with Crippen molar-refractivity contribution in [1.82, 2.24) is 5.43 Å². The fourth-order valence-electron chi connectivity index (χ4n) is 3.58. The zero-order chi connectivity index (χ0) is 22.5. The molecule has 0 fully saturated rings. The molecule has 1 amide bonds. The van der Waals surface area contributed by atoms with Gasteiger partial charge in [0.25, 0.3) is 5.91 Å². The SMILES string of the molecule is C/C(=N\NC(=O)COc1c(Br)cc(C(C)(C)CC(C)(C)C)cc1Br)c1ccccc1. The quantitative estimate of drug-likeness (QED) is 0.310. The van der Waals surface area contributed by atoms with E-state index >= 15 is 0 Å². The number of rotatable bonds is 7. The van der Waals surface area contributed by atoms with Gasteiger partial charge in [-0.3, -0.25) is 4.79 Å². The molecule has 162 valence electrons. The van der Waals surface area contributed by atoms with Crippen molar-refractivity contribution in [3.63, 3.8) is 0 Å². The molecule has 0 aliphatic rings. The number of carbonyl (C=O) groups excluding carboxylic acids is 1. The molecule has 2 aromatic carbocycles. The molecule has 0 atom stereocenters. The van der Waals surface area contributed by atoms with Crippen LogP contribution in [0.1, 0.15) is 59.1 Å². The number of nitrogens with zero attached hydrogens (tertiary/aromatic N) is 1. The van der Waals surface area contributed by atoms with Gasteiger partial charge in [0.2, 0.25) is 0 Å². The maximum Gasteiger partial charge on any atom is 0.277 e. The van der Waals surface area contributed by atoms with Gasteiger partial charge in [0.05, 0.1) is 14.7 Å². The Bertz CT molecular complexity index is 894. The molecule has 0 heterocycles. The summed E-state index contributed by atoms with van der Waals surface area (Å²) in [6, 6.07) is 13.8. The largest absolute Gasteiger partial charge is 0.481 e. The highest BCUT2D eigenvalue weighted by atomic mass is 79.9. The molecule has 0 bridgehead atoms. The van der Waals surface area contributed by atoms with Gasteiger partial charge in [0.15, 0.2) is 6.61 Å². The van der Waals surface area contributed by atoms with Crippen LogP contribution in [0.5, 0.6) is 5.75 Å². The molecular formula is C24H30Br2N2O2. The third-order valence-electron chi connectivity index (χ3n) is 4.64. The Morgan fingerprint density at radius 3 is 2.13 bits per heavy atom. The Labute approximate surface area is 196 Å². The van der Waals surface area contributed by atoms with Gasteiger partial charge >= 0.3 is 0 Å². The molecule has 6 heteroatoms. The van der Waals surface area contributed by atoms with Gasteiger partial charge in [-0.25, -0.2) is 5.43 Å². The minimum absolute atomic E-state index is 0.00285. The number of hydrogen-bond donors (Lipinski definition) is 1. The first-order valence-corrected chi connectivity index (χ1v) is 11.5. The summed E-state index contributed by atoms with van der Waals surface area (Å²) in [4.78, 5) is 12.2. The molecule has 0 spiro atoms. The molecule has 0 aliphatic heterocycles. The Morgan fingerprint density at radius 1 is 1.03 bits per heavy atom. The predicted molar refractivity (Wildman–Crippen MR) is 131 cm³/mol. The third-order valence-corrected chi connectivity index (χ3v) is 5.82. The summed E-state index contributed by atoms with van der Waals surface area (Å²) in [6.07, 6.45) is 1.04. The minimum Gasteiger partial charge on any atom is -0.481 e. The van der Waals surface area contributed by atoms with E-state index < -0.39 is 0 Å². The lowest BCUT2D eigenvalue weighted by molar-refractivity contribution is -0.123. The zero-order valence-corrected chi connectivity index (χ0v) is 21.6. The minimum atomic E-state index is -0.318. The van der Waals surface area contributed by atoms with Gasteiger partial charge in [-0.2, -0.15) is 5.10 Å². The van der Waals surface area contributed by atoms with E-state index in [0.29, 0.717) is 5.75 Å². The van der Waals surface area contributed by atoms with E-state index in [4.69, 9.17) is 4.74 Å². The smallest absolute Gasteiger partial charge is 0.277 e. The molecule has 2 rings (SSSR count). The van der Waals surface area contributed by atoms with E-state index in [9.17, 15) is 4.79 Å². The number of benzene rings is 2. The molecule has 0 aliphatic carbocycles. The first-order valence-electron chi connectivity index (χ1n) is 9.90. The van der Waals surface area contributed by atoms with Crippen molar-refractivity contribution in [2.75, 3.05) is 6.61 Å².